The van der Waals surface area contributed by atoms with Crippen molar-refractivity contribution >= 4 is 11.6 Å². The highest BCUT2D eigenvalue weighted by Gasteiger charge is 2.37. The fourth-order valence-corrected chi connectivity index (χ4v) is 2.93. The molecule has 3 aromatic rings. The number of halogens is 3. The van der Waals surface area contributed by atoms with Crippen molar-refractivity contribution in [2.75, 3.05) is 7.11 Å². The molecule has 0 saturated heterocycles. The number of carbonyl (C=O) groups is 1. The van der Waals surface area contributed by atoms with Crippen molar-refractivity contribution in [3.05, 3.63) is 64.9 Å². The monoisotopic (exact) mass is 379 g/mol. The average molecular weight is 379 g/mol. The van der Waals surface area contributed by atoms with E-state index in [-0.39, 0.29) is 11.3 Å². The van der Waals surface area contributed by atoms with Gasteiger partial charge in [0.1, 0.15) is 11.8 Å². The Morgan fingerprint density at radius 1 is 1.33 bits per heavy atom. The molecule has 0 aliphatic rings. The Morgan fingerprint density at radius 3 is 2.70 bits per heavy atom. The number of hydrogen-bond donors (Lipinski definition) is 1. The quantitative estimate of drug-likeness (QED) is 0.705. The largest absolute Gasteiger partial charge is 0.465 e. The molecular formula is C18H16F3N3O3. The lowest BCUT2D eigenvalue weighted by molar-refractivity contribution is -0.139. The van der Waals surface area contributed by atoms with Gasteiger partial charge >= 0.3 is 12.1 Å². The van der Waals surface area contributed by atoms with E-state index in [9.17, 15) is 23.1 Å². The first kappa shape index (κ1) is 18.8. The van der Waals surface area contributed by atoms with Gasteiger partial charge in [0, 0.05) is 18.1 Å². The second-order valence-corrected chi connectivity index (χ2v) is 5.77. The third-order valence-electron chi connectivity index (χ3n) is 4.17. The minimum Gasteiger partial charge on any atom is -0.465 e. The van der Waals surface area contributed by atoms with Crippen LogP contribution in [0.2, 0.25) is 0 Å². The zero-order valence-corrected chi connectivity index (χ0v) is 14.5. The fourth-order valence-electron chi connectivity index (χ4n) is 2.93. The summed E-state index contributed by atoms with van der Waals surface area (Å²) in [4.78, 5) is 19.7. The summed E-state index contributed by atoms with van der Waals surface area (Å²) < 4.78 is 46.1. The van der Waals surface area contributed by atoms with Crippen molar-refractivity contribution in [3.8, 4) is 0 Å². The zero-order valence-electron chi connectivity index (χ0n) is 14.5. The Labute approximate surface area is 152 Å². The maximum atomic E-state index is 13.3. The summed E-state index contributed by atoms with van der Waals surface area (Å²) in [5.41, 5.74) is -0.402. The number of carbonyl (C=O) groups excluding carboxylic acids is 1. The number of esters is 1. The van der Waals surface area contributed by atoms with Crippen LogP contribution in [-0.2, 0) is 17.3 Å². The Bertz CT molecular complexity index is 998. The summed E-state index contributed by atoms with van der Waals surface area (Å²) in [5.74, 6) is -0.565. The van der Waals surface area contributed by atoms with Crippen molar-refractivity contribution in [1.82, 2.24) is 14.4 Å². The molecule has 0 aliphatic carbocycles. The van der Waals surface area contributed by atoms with E-state index < -0.39 is 29.5 Å². The predicted molar refractivity (Wildman–Crippen MR) is 89.2 cm³/mol. The van der Waals surface area contributed by atoms with Crippen molar-refractivity contribution < 1.29 is 27.8 Å². The van der Waals surface area contributed by atoms with E-state index >= 15 is 0 Å². The van der Waals surface area contributed by atoms with E-state index in [2.05, 4.69) is 14.7 Å². The van der Waals surface area contributed by atoms with Crippen LogP contribution < -0.4 is 0 Å². The van der Waals surface area contributed by atoms with E-state index in [1.807, 2.05) is 0 Å². The summed E-state index contributed by atoms with van der Waals surface area (Å²) in [6, 6.07) is 4.98. The lowest BCUT2D eigenvalue weighted by Gasteiger charge is -2.16. The molecule has 3 aromatic heterocycles. The van der Waals surface area contributed by atoms with Crippen LogP contribution in [-0.4, -0.2) is 32.6 Å². The zero-order chi connectivity index (χ0) is 19.8. The summed E-state index contributed by atoms with van der Waals surface area (Å²) >= 11 is 0. The number of ether oxygens (including phenoxy) is 1. The van der Waals surface area contributed by atoms with Crippen LogP contribution in [0.1, 0.15) is 46.0 Å². The lowest BCUT2D eigenvalue weighted by atomic mass is 10.0. The Balaban J connectivity index is 2.15. The third kappa shape index (κ3) is 3.37. The first-order valence-corrected chi connectivity index (χ1v) is 8.07. The van der Waals surface area contributed by atoms with Gasteiger partial charge in [-0.1, -0.05) is 6.92 Å². The third-order valence-corrected chi connectivity index (χ3v) is 4.17. The molecule has 0 spiro atoms. The first-order chi connectivity index (χ1) is 12.8. The first-order valence-electron chi connectivity index (χ1n) is 8.07. The SMILES string of the molecule is CCc1c(C(O)c2ncccc2C(F)(F)F)nc2cc(C(=O)OC)ccn12. The molecule has 6 nitrogen and oxygen atoms in total. The molecule has 27 heavy (non-hydrogen) atoms. The standard InChI is InChI=1S/C18H16F3N3O3/c1-3-12-15(16(25)14-11(18(19,20)21)5-4-7-22-14)23-13-9-10(17(26)27-2)6-8-24(12)13/h4-9,16,25H,3H2,1-2H3. The number of pyridine rings is 2. The highest BCUT2D eigenvalue weighted by molar-refractivity contribution is 5.90. The summed E-state index contributed by atoms with van der Waals surface area (Å²) in [7, 11) is 1.24. The van der Waals surface area contributed by atoms with E-state index in [0.717, 1.165) is 12.1 Å². The maximum absolute atomic E-state index is 13.3. The van der Waals surface area contributed by atoms with E-state index in [1.54, 1.807) is 17.5 Å². The molecule has 1 unspecified atom stereocenters. The van der Waals surface area contributed by atoms with Crippen LogP contribution in [0.5, 0.6) is 0 Å². The van der Waals surface area contributed by atoms with Crippen LogP contribution in [0, 0.1) is 0 Å². The Morgan fingerprint density at radius 2 is 2.07 bits per heavy atom. The van der Waals surface area contributed by atoms with Crippen molar-refractivity contribution in [2.24, 2.45) is 0 Å². The molecule has 3 heterocycles. The lowest BCUT2D eigenvalue weighted by Crippen LogP contribution is -2.15. The smallest absolute Gasteiger partial charge is 0.418 e. The highest BCUT2D eigenvalue weighted by atomic mass is 19.4. The number of hydrogen-bond acceptors (Lipinski definition) is 5. The Kier molecular flexibility index (Phi) is 4.88. The summed E-state index contributed by atoms with van der Waals surface area (Å²) in [6.07, 6.45) is -3.18. The molecule has 0 bridgehead atoms. The number of aryl methyl sites for hydroxylation is 1. The van der Waals surface area contributed by atoms with Crippen LogP contribution >= 0.6 is 0 Å². The molecule has 0 radical (unpaired) electrons. The Hall–Kier alpha value is -2.94. The van der Waals surface area contributed by atoms with Crippen LogP contribution in [0.25, 0.3) is 5.65 Å². The molecule has 0 aliphatic heterocycles. The highest BCUT2D eigenvalue weighted by Crippen LogP contribution is 2.36. The van der Waals surface area contributed by atoms with Gasteiger partial charge < -0.3 is 14.2 Å². The van der Waals surface area contributed by atoms with Crippen LogP contribution in [0.4, 0.5) is 13.2 Å². The minimum absolute atomic E-state index is 0.0590. The van der Waals surface area contributed by atoms with Crippen molar-refractivity contribution in [3.63, 3.8) is 0 Å². The van der Waals surface area contributed by atoms with Gasteiger partial charge in [-0.2, -0.15) is 13.2 Å². The fraction of sp³-hybridized carbons (Fsp3) is 0.278. The van der Waals surface area contributed by atoms with Crippen molar-refractivity contribution in [2.45, 2.75) is 25.6 Å². The normalized spacial score (nSPS) is 13.0. The van der Waals surface area contributed by atoms with Crippen LogP contribution in [0.3, 0.4) is 0 Å². The second kappa shape index (κ2) is 6.99. The predicted octanol–water partition coefficient (Wildman–Crippen LogP) is 3.18. The van der Waals surface area contributed by atoms with Gasteiger partial charge in [-0.25, -0.2) is 9.78 Å². The van der Waals surface area contributed by atoms with Crippen molar-refractivity contribution in [1.29, 1.82) is 0 Å². The maximum Gasteiger partial charge on any atom is 0.418 e. The van der Waals surface area contributed by atoms with Gasteiger partial charge in [-0.15, -0.1) is 0 Å². The molecule has 0 amide bonds. The van der Waals surface area contributed by atoms with Gasteiger partial charge in [0.15, 0.2) is 0 Å². The molecule has 1 atom stereocenters. The number of alkyl halides is 3. The number of nitrogens with zero attached hydrogens (tertiary/aromatic N) is 3. The van der Waals surface area contributed by atoms with Gasteiger partial charge in [0.2, 0.25) is 0 Å². The molecular weight excluding hydrogens is 363 g/mol. The van der Waals surface area contributed by atoms with Crippen LogP contribution in [0.15, 0.2) is 36.7 Å². The van der Waals surface area contributed by atoms with Gasteiger partial charge in [-0.3, -0.25) is 4.98 Å². The number of fused-ring (bicyclic) bond motifs is 1. The molecule has 1 N–H and O–H groups in total. The minimum atomic E-state index is -4.66. The molecule has 142 valence electrons. The number of rotatable bonds is 4. The number of aliphatic hydroxyl groups is 1. The molecule has 3 rings (SSSR count). The second-order valence-electron chi connectivity index (χ2n) is 5.77. The number of aliphatic hydroxyl groups excluding tert-OH is 1. The molecule has 0 aromatic carbocycles. The molecule has 9 heteroatoms. The van der Waals surface area contributed by atoms with Gasteiger partial charge in [-0.05, 0) is 30.7 Å². The van der Waals surface area contributed by atoms with Gasteiger partial charge in [0.25, 0.3) is 0 Å². The number of methoxy groups -OCH3 is 1. The van der Waals surface area contributed by atoms with E-state index in [1.165, 1.54) is 25.4 Å². The number of aromatic nitrogens is 3. The average Bonchev–Trinajstić information content (AvgIpc) is 3.03. The van der Waals surface area contributed by atoms with E-state index in [0.29, 0.717) is 17.8 Å². The summed E-state index contributed by atoms with van der Waals surface area (Å²) in [5, 5.41) is 10.6. The molecule has 0 saturated carbocycles. The molecule has 0 fully saturated rings. The topological polar surface area (TPSA) is 76.7 Å². The summed E-state index contributed by atoms with van der Waals surface area (Å²) in [6.45, 7) is 1.79. The van der Waals surface area contributed by atoms with E-state index in [4.69, 9.17) is 0 Å². The number of imidazole rings is 1. The van der Waals surface area contributed by atoms with Gasteiger partial charge in [0.05, 0.1) is 29.6 Å².